The standard InChI is InChI=1S/C14H17NO3S/c1-9(16)15-11(13(17)18)14(2,3)19-12(15)10-7-5-4-6-8-10/h4-8,11-12H,1-3H3,(H,17,18)/p-1/t11-,12-/m0/s1. The lowest BCUT2D eigenvalue weighted by atomic mass is 10.0. The first-order valence-corrected chi connectivity index (χ1v) is 6.95. The number of amides is 1. The van der Waals surface area contributed by atoms with E-state index in [0.29, 0.717) is 0 Å². The number of aliphatic carboxylic acids is 1. The van der Waals surface area contributed by atoms with Crippen LogP contribution in [0, 0.1) is 0 Å². The predicted octanol–water partition coefficient (Wildman–Crippen LogP) is 1.18. The van der Waals surface area contributed by atoms with Gasteiger partial charge in [-0.05, 0) is 19.4 Å². The first-order chi connectivity index (χ1) is 8.84. The Morgan fingerprint density at radius 2 is 1.84 bits per heavy atom. The third kappa shape index (κ3) is 2.47. The highest BCUT2D eigenvalue weighted by atomic mass is 32.2. The van der Waals surface area contributed by atoms with Crippen molar-refractivity contribution in [3.63, 3.8) is 0 Å². The zero-order valence-corrected chi connectivity index (χ0v) is 11.9. The number of rotatable bonds is 2. The molecule has 0 bridgehead atoms. The second-order valence-electron chi connectivity index (χ2n) is 5.13. The van der Waals surface area contributed by atoms with Crippen LogP contribution >= 0.6 is 11.8 Å². The topological polar surface area (TPSA) is 60.4 Å². The molecule has 1 aliphatic rings. The van der Waals surface area contributed by atoms with Crippen LogP contribution in [0.5, 0.6) is 0 Å². The molecule has 1 fully saturated rings. The monoisotopic (exact) mass is 278 g/mol. The first-order valence-electron chi connectivity index (χ1n) is 6.07. The van der Waals surface area contributed by atoms with E-state index in [4.69, 9.17) is 0 Å². The van der Waals surface area contributed by atoms with Gasteiger partial charge in [-0.3, -0.25) is 4.79 Å². The highest BCUT2D eigenvalue weighted by molar-refractivity contribution is 8.01. The van der Waals surface area contributed by atoms with Gasteiger partial charge in [0.25, 0.3) is 0 Å². The number of thioether (sulfide) groups is 1. The molecule has 1 amide bonds. The van der Waals surface area contributed by atoms with E-state index in [2.05, 4.69) is 0 Å². The lowest BCUT2D eigenvalue weighted by molar-refractivity contribution is -0.311. The van der Waals surface area contributed by atoms with E-state index in [9.17, 15) is 14.7 Å². The zero-order valence-electron chi connectivity index (χ0n) is 11.1. The van der Waals surface area contributed by atoms with E-state index in [-0.39, 0.29) is 11.3 Å². The molecule has 1 heterocycles. The Kier molecular flexibility index (Phi) is 3.58. The zero-order chi connectivity index (χ0) is 14.2. The average Bonchev–Trinajstić information content (AvgIpc) is 2.62. The van der Waals surface area contributed by atoms with Gasteiger partial charge in [0.1, 0.15) is 5.37 Å². The van der Waals surface area contributed by atoms with Gasteiger partial charge in [-0.1, -0.05) is 30.3 Å². The maximum atomic E-state index is 11.9. The number of carbonyl (C=O) groups is 2. The summed E-state index contributed by atoms with van der Waals surface area (Å²) in [5.74, 6) is -1.45. The quantitative estimate of drug-likeness (QED) is 0.815. The van der Waals surface area contributed by atoms with E-state index in [1.807, 2.05) is 44.2 Å². The van der Waals surface area contributed by atoms with Gasteiger partial charge in [0.2, 0.25) is 5.91 Å². The third-order valence-electron chi connectivity index (χ3n) is 3.28. The van der Waals surface area contributed by atoms with Crippen molar-refractivity contribution in [2.24, 2.45) is 0 Å². The van der Waals surface area contributed by atoms with Gasteiger partial charge in [0.05, 0.1) is 12.0 Å². The molecule has 0 radical (unpaired) electrons. The van der Waals surface area contributed by atoms with Crippen LogP contribution in [0.1, 0.15) is 31.7 Å². The minimum Gasteiger partial charge on any atom is -0.548 e. The predicted molar refractivity (Wildman–Crippen MR) is 72.2 cm³/mol. The molecule has 1 aromatic carbocycles. The Morgan fingerprint density at radius 3 is 2.32 bits per heavy atom. The SMILES string of the molecule is CC(=O)N1[C@@H](C(=O)[O-])C(C)(C)S[C@H]1c1ccccc1. The van der Waals surface area contributed by atoms with Crippen molar-refractivity contribution in [3.8, 4) is 0 Å². The molecule has 1 saturated heterocycles. The second kappa shape index (κ2) is 4.89. The Bertz CT molecular complexity index is 501. The summed E-state index contributed by atoms with van der Waals surface area (Å²) in [6.45, 7) is 5.06. The van der Waals surface area contributed by atoms with Crippen LogP contribution in [0.4, 0.5) is 0 Å². The van der Waals surface area contributed by atoms with Gasteiger partial charge in [-0.2, -0.15) is 0 Å². The summed E-state index contributed by atoms with van der Waals surface area (Å²) >= 11 is 1.48. The molecule has 19 heavy (non-hydrogen) atoms. The summed E-state index contributed by atoms with van der Waals surface area (Å²) in [4.78, 5) is 24.7. The molecule has 2 atom stereocenters. The van der Waals surface area contributed by atoms with Gasteiger partial charge in [0, 0.05) is 11.7 Å². The van der Waals surface area contributed by atoms with E-state index in [0.717, 1.165) is 5.56 Å². The largest absolute Gasteiger partial charge is 0.548 e. The fraction of sp³-hybridized carbons (Fsp3) is 0.429. The van der Waals surface area contributed by atoms with E-state index in [1.54, 1.807) is 0 Å². The fourth-order valence-electron chi connectivity index (χ4n) is 2.47. The second-order valence-corrected chi connectivity index (χ2v) is 6.87. The molecular formula is C14H16NO3S-. The van der Waals surface area contributed by atoms with Crippen molar-refractivity contribution in [2.45, 2.75) is 36.9 Å². The lowest BCUT2D eigenvalue weighted by Gasteiger charge is -2.32. The molecule has 0 aliphatic carbocycles. The average molecular weight is 278 g/mol. The Hall–Kier alpha value is -1.49. The summed E-state index contributed by atoms with van der Waals surface area (Å²) in [6, 6.07) is 8.55. The van der Waals surface area contributed by atoms with Gasteiger partial charge in [0.15, 0.2) is 0 Å². The maximum absolute atomic E-state index is 11.9. The molecule has 0 spiro atoms. The van der Waals surface area contributed by atoms with Crippen molar-refractivity contribution in [3.05, 3.63) is 35.9 Å². The molecule has 0 aromatic heterocycles. The van der Waals surface area contributed by atoms with Crippen LogP contribution in [0.3, 0.4) is 0 Å². The molecule has 4 nitrogen and oxygen atoms in total. The first kappa shape index (κ1) is 13.9. The van der Waals surface area contributed by atoms with Gasteiger partial charge in [-0.25, -0.2) is 0 Å². The summed E-state index contributed by atoms with van der Waals surface area (Å²) in [5, 5.41) is 11.1. The molecule has 0 N–H and O–H groups in total. The molecule has 1 aliphatic heterocycles. The van der Waals surface area contributed by atoms with Crippen molar-refractivity contribution in [1.82, 2.24) is 4.90 Å². The Labute approximate surface area is 116 Å². The number of hydrogen-bond donors (Lipinski definition) is 0. The maximum Gasteiger partial charge on any atom is 0.221 e. The molecule has 102 valence electrons. The molecule has 5 heteroatoms. The smallest absolute Gasteiger partial charge is 0.221 e. The van der Waals surface area contributed by atoms with Gasteiger partial charge >= 0.3 is 0 Å². The molecular weight excluding hydrogens is 262 g/mol. The normalized spacial score (nSPS) is 25.3. The van der Waals surface area contributed by atoms with Crippen LogP contribution in [-0.2, 0) is 9.59 Å². The third-order valence-corrected chi connectivity index (χ3v) is 4.83. The summed E-state index contributed by atoms with van der Waals surface area (Å²) in [6.07, 6.45) is 0. The van der Waals surface area contributed by atoms with Crippen LogP contribution in [0.15, 0.2) is 30.3 Å². The minimum atomic E-state index is -1.20. The van der Waals surface area contributed by atoms with Crippen LogP contribution in [-0.4, -0.2) is 27.6 Å². The molecule has 2 rings (SSSR count). The number of benzene rings is 1. The van der Waals surface area contributed by atoms with E-state index in [1.165, 1.54) is 23.6 Å². The summed E-state index contributed by atoms with van der Waals surface area (Å²) in [5.41, 5.74) is 0.930. The number of nitrogens with zero attached hydrogens (tertiary/aromatic N) is 1. The minimum absolute atomic E-state index is 0.249. The number of carboxylic acids is 1. The van der Waals surface area contributed by atoms with E-state index >= 15 is 0 Å². The summed E-state index contributed by atoms with van der Waals surface area (Å²) in [7, 11) is 0. The number of hydrogen-bond acceptors (Lipinski definition) is 4. The van der Waals surface area contributed by atoms with E-state index < -0.39 is 16.8 Å². The molecule has 0 saturated carbocycles. The molecule has 0 unspecified atom stereocenters. The lowest BCUT2D eigenvalue weighted by Crippen LogP contribution is -2.54. The summed E-state index contributed by atoms with van der Waals surface area (Å²) < 4.78 is -0.578. The van der Waals surface area contributed by atoms with Crippen LogP contribution < -0.4 is 5.11 Å². The highest BCUT2D eigenvalue weighted by Crippen LogP contribution is 2.51. The van der Waals surface area contributed by atoms with Gasteiger partial charge in [-0.15, -0.1) is 11.8 Å². The van der Waals surface area contributed by atoms with Crippen molar-refractivity contribution < 1.29 is 14.7 Å². The number of carboxylic acid groups (broad SMARTS) is 1. The Balaban J connectivity index is 2.45. The van der Waals surface area contributed by atoms with Crippen LogP contribution in [0.2, 0.25) is 0 Å². The fourth-order valence-corrected chi connectivity index (χ4v) is 4.06. The van der Waals surface area contributed by atoms with Gasteiger partial charge < -0.3 is 14.8 Å². The van der Waals surface area contributed by atoms with Crippen molar-refractivity contribution in [1.29, 1.82) is 0 Å². The van der Waals surface area contributed by atoms with Crippen molar-refractivity contribution >= 4 is 23.6 Å². The van der Waals surface area contributed by atoms with Crippen molar-refractivity contribution in [2.75, 3.05) is 0 Å². The number of carbonyl (C=O) groups excluding carboxylic acids is 2. The Morgan fingerprint density at radius 1 is 1.26 bits per heavy atom. The highest BCUT2D eigenvalue weighted by Gasteiger charge is 2.49. The molecule has 1 aromatic rings. The van der Waals surface area contributed by atoms with Crippen LogP contribution in [0.25, 0.3) is 0 Å².